The van der Waals surface area contributed by atoms with Crippen molar-refractivity contribution in [1.82, 2.24) is 19.1 Å². The van der Waals surface area contributed by atoms with Crippen LogP contribution in [0.1, 0.15) is 18.3 Å². The molecule has 1 fully saturated rings. The summed E-state index contributed by atoms with van der Waals surface area (Å²) in [5.41, 5.74) is -5.98. The van der Waals surface area contributed by atoms with Gasteiger partial charge in [0.05, 0.1) is 12.7 Å². The highest BCUT2D eigenvalue weighted by Crippen LogP contribution is 2.40. The number of aliphatic hydroxyl groups is 1. The van der Waals surface area contributed by atoms with Crippen LogP contribution >= 0.6 is 0 Å². The van der Waals surface area contributed by atoms with Gasteiger partial charge in [-0.1, -0.05) is 0 Å². The Kier molecular flexibility index (Phi) is 7.25. The first-order chi connectivity index (χ1) is 16.9. The van der Waals surface area contributed by atoms with Crippen molar-refractivity contribution in [2.24, 2.45) is 7.05 Å². The van der Waals surface area contributed by atoms with Gasteiger partial charge in [-0.3, -0.25) is 0 Å². The Hall–Kier alpha value is -2.99. The summed E-state index contributed by atoms with van der Waals surface area (Å²) in [6, 6.07) is 0.998. The molecule has 0 radical (unpaired) electrons. The molecular formula is C19H20F7N5O5S. The van der Waals surface area contributed by atoms with Crippen LogP contribution in [-0.4, -0.2) is 77.5 Å². The molecule has 1 aromatic heterocycles. The lowest BCUT2D eigenvalue weighted by Gasteiger charge is -2.40. The number of nitrogens with zero attached hydrogens (tertiary/aromatic N) is 5. The normalized spacial score (nSPS) is 19.5. The second kappa shape index (κ2) is 9.39. The van der Waals surface area contributed by atoms with Gasteiger partial charge in [0, 0.05) is 38.4 Å². The number of esters is 1. The molecule has 1 aliphatic rings. The quantitative estimate of drug-likeness (QED) is 0.433. The number of ether oxygens (including phenoxy) is 1. The van der Waals surface area contributed by atoms with Crippen LogP contribution in [0.5, 0.6) is 0 Å². The maximum atomic E-state index is 13.6. The van der Waals surface area contributed by atoms with E-state index in [4.69, 9.17) is 0 Å². The van der Waals surface area contributed by atoms with E-state index in [0.29, 0.717) is 13.2 Å². The van der Waals surface area contributed by atoms with Gasteiger partial charge in [-0.05, 0) is 25.1 Å². The number of sulfonamides is 1. The van der Waals surface area contributed by atoms with Gasteiger partial charge in [-0.2, -0.15) is 35.6 Å². The van der Waals surface area contributed by atoms with Crippen molar-refractivity contribution >= 4 is 21.7 Å². The van der Waals surface area contributed by atoms with Crippen molar-refractivity contribution in [2.75, 3.05) is 31.6 Å². The fraction of sp³-hybridized carbons (Fsp3) is 0.526. The molecule has 0 spiro atoms. The summed E-state index contributed by atoms with van der Waals surface area (Å²) in [6.07, 6.45) is -10.6. The fourth-order valence-electron chi connectivity index (χ4n) is 3.90. The van der Waals surface area contributed by atoms with E-state index in [-0.39, 0.29) is 23.5 Å². The van der Waals surface area contributed by atoms with Crippen LogP contribution in [-0.2, 0) is 38.4 Å². The van der Waals surface area contributed by atoms with Gasteiger partial charge in [0.25, 0.3) is 15.2 Å². The Balaban J connectivity index is 1.94. The number of hydrogen-bond acceptors (Lipinski definition) is 8. The van der Waals surface area contributed by atoms with E-state index in [1.807, 2.05) is 0 Å². The molecule has 0 amide bonds. The summed E-state index contributed by atoms with van der Waals surface area (Å²) in [5.74, 6) is -4.77. The van der Waals surface area contributed by atoms with Crippen LogP contribution in [0.15, 0.2) is 23.4 Å². The van der Waals surface area contributed by atoms with Crippen molar-refractivity contribution in [1.29, 1.82) is 0 Å². The number of alkyl halides is 6. The Morgan fingerprint density at radius 3 is 2.30 bits per heavy atom. The van der Waals surface area contributed by atoms with E-state index in [1.54, 1.807) is 0 Å². The Morgan fingerprint density at radius 2 is 1.78 bits per heavy atom. The molecule has 0 saturated carbocycles. The van der Waals surface area contributed by atoms with Gasteiger partial charge in [-0.25, -0.2) is 22.3 Å². The van der Waals surface area contributed by atoms with Crippen molar-refractivity contribution < 1.29 is 53.8 Å². The van der Waals surface area contributed by atoms with Gasteiger partial charge >= 0.3 is 23.9 Å². The fourth-order valence-corrected chi connectivity index (χ4v) is 5.40. The van der Waals surface area contributed by atoms with E-state index in [2.05, 4.69) is 14.8 Å². The summed E-state index contributed by atoms with van der Waals surface area (Å²) < 4.78 is 126. The number of hydrogen-bond donors (Lipinski definition) is 1. The zero-order valence-corrected chi connectivity index (χ0v) is 20.1. The summed E-state index contributed by atoms with van der Waals surface area (Å²) in [4.78, 5) is 16.3. The Morgan fingerprint density at radius 1 is 1.16 bits per heavy atom. The van der Waals surface area contributed by atoms with Crippen LogP contribution in [0.4, 0.5) is 36.4 Å². The molecule has 2 atom stereocenters. The molecule has 0 bridgehead atoms. The van der Waals surface area contributed by atoms with Crippen LogP contribution in [0.2, 0.25) is 0 Å². The number of aromatic nitrogens is 3. The molecule has 1 aromatic carbocycles. The molecule has 10 nitrogen and oxygen atoms in total. The molecule has 1 N–H and O–H groups in total. The number of halogens is 7. The molecule has 0 aliphatic carbocycles. The zero-order valence-electron chi connectivity index (χ0n) is 19.3. The summed E-state index contributed by atoms with van der Waals surface area (Å²) in [5, 5.41) is 12.4. The Labute approximate surface area is 205 Å². The average molecular weight is 563 g/mol. The number of aryl methyl sites for hydroxylation is 1. The smallest absolute Gasteiger partial charge is 0.435 e. The maximum Gasteiger partial charge on any atom is 0.435 e. The lowest BCUT2D eigenvalue weighted by molar-refractivity contribution is -0.270. The average Bonchev–Trinajstić information content (AvgIpc) is 3.19. The van der Waals surface area contributed by atoms with E-state index in [9.17, 15) is 49.1 Å². The first-order valence-corrected chi connectivity index (χ1v) is 11.7. The van der Waals surface area contributed by atoms with E-state index >= 15 is 0 Å². The van der Waals surface area contributed by atoms with E-state index in [0.717, 1.165) is 23.5 Å². The first kappa shape index (κ1) is 28.6. The number of rotatable bonds is 5. The second-order valence-corrected chi connectivity index (χ2v) is 9.90. The zero-order chi connectivity index (χ0) is 28.1. The standard InChI is InChI=1S/C19H20F7N5O5S/c1-10-9-30(13-5-4-11(20)8-12(13)18(21,22)23)6-7-31(10)37(34,35)16-27-14(29(2)28-16)17(33,15(32)36-3)19(24,25)26/h4-5,8,10,33H,6-7,9H2,1-3H3. The number of anilines is 1. The number of carbonyl (C=O) groups is 1. The highest BCUT2D eigenvalue weighted by Gasteiger charge is 2.65. The van der Waals surface area contributed by atoms with Crippen LogP contribution < -0.4 is 4.90 Å². The highest BCUT2D eigenvalue weighted by molar-refractivity contribution is 7.89. The lowest BCUT2D eigenvalue weighted by atomic mass is 10.0. The molecular weight excluding hydrogens is 543 g/mol. The summed E-state index contributed by atoms with van der Waals surface area (Å²) >= 11 is 0. The minimum Gasteiger partial charge on any atom is -0.466 e. The monoisotopic (exact) mass is 563 g/mol. The van der Waals surface area contributed by atoms with Gasteiger partial charge in [0.1, 0.15) is 5.82 Å². The number of methoxy groups -OCH3 is 1. The van der Waals surface area contributed by atoms with Crippen LogP contribution in [0.25, 0.3) is 0 Å². The van der Waals surface area contributed by atoms with Crippen molar-refractivity contribution in [2.45, 2.75) is 36.1 Å². The predicted octanol–water partition coefficient (Wildman–Crippen LogP) is 1.80. The van der Waals surface area contributed by atoms with E-state index in [1.165, 1.54) is 11.8 Å². The molecule has 3 rings (SSSR count). The van der Waals surface area contributed by atoms with Crippen molar-refractivity contribution in [3.63, 3.8) is 0 Å². The number of benzene rings is 1. The van der Waals surface area contributed by atoms with Crippen LogP contribution in [0.3, 0.4) is 0 Å². The molecule has 2 aromatic rings. The third-order valence-electron chi connectivity index (χ3n) is 5.67. The van der Waals surface area contributed by atoms with E-state index < -0.39 is 68.9 Å². The lowest BCUT2D eigenvalue weighted by Crippen LogP contribution is -2.54. The number of piperazine rings is 1. The second-order valence-electron chi connectivity index (χ2n) is 8.11. The minimum atomic E-state index is -5.66. The molecule has 18 heteroatoms. The largest absolute Gasteiger partial charge is 0.466 e. The first-order valence-electron chi connectivity index (χ1n) is 10.3. The Bertz CT molecular complexity index is 1300. The molecule has 2 unspecified atom stereocenters. The van der Waals surface area contributed by atoms with Crippen LogP contribution in [0, 0.1) is 5.82 Å². The number of carbonyl (C=O) groups excluding carboxylic acids is 1. The van der Waals surface area contributed by atoms with Gasteiger partial charge in [0.2, 0.25) is 0 Å². The maximum absolute atomic E-state index is 13.6. The predicted molar refractivity (Wildman–Crippen MR) is 110 cm³/mol. The van der Waals surface area contributed by atoms with Crippen molar-refractivity contribution in [3.05, 3.63) is 35.4 Å². The third kappa shape index (κ3) is 4.96. The molecule has 37 heavy (non-hydrogen) atoms. The summed E-state index contributed by atoms with van der Waals surface area (Å²) in [6.45, 7) is 0.284. The summed E-state index contributed by atoms with van der Waals surface area (Å²) in [7, 11) is -3.37. The van der Waals surface area contributed by atoms with Gasteiger partial charge in [-0.15, -0.1) is 5.10 Å². The van der Waals surface area contributed by atoms with Gasteiger partial charge in [0.15, 0.2) is 5.82 Å². The highest BCUT2D eigenvalue weighted by atomic mass is 32.2. The molecule has 1 saturated heterocycles. The van der Waals surface area contributed by atoms with Crippen molar-refractivity contribution in [3.8, 4) is 0 Å². The SMILES string of the molecule is COC(=O)C(O)(c1nc(S(=O)(=O)N2CCN(c3ccc(F)cc3C(F)(F)F)CC2C)nn1C)C(F)(F)F. The molecule has 206 valence electrons. The third-order valence-corrected chi connectivity index (χ3v) is 7.46. The molecule has 2 heterocycles. The minimum absolute atomic E-state index is 0.256. The molecule has 1 aliphatic heterocycles. The topological polar surface area (TPSA) is 118 Å². The van der Waals surface area contributed by atoms with Gasteiger partial charge < -0.3 is 14.7 Å².